The lowest BCUT2D eigenvalue weighted by Crippen LogP contribution is -2.28. The molecular formula is C18H22N2O4. The van der Waals surface area contributed by atoms with E-state index in [0.717, 1.165) is 5.56 Å². The number of ether oxygens (including phenoxy) is 3. The van der Waals surface area contributed by atoms with Gasteiger partial charge in [0.05, 0.1) is 19.8 Å². The second kappa shape index (κ2) is 7.42. The van der Waals surface area contributed by atoms with Gasteiger partial charge in [-0.15, -0.1) is 0 Å². The van der Waals surface area contributed by atoms with Crippen molar-refractivity contribution in [3.8, 4) is 23.0 Å². The summed E-state index contributed by atoms with van der Waals surface area (Å²) in [5, 5.41) is 10.3. The molecule has 2 aromatic rings. The lowest BCUT2D eigenvalue weighted by atomic mass is 10.0. The summed E-state index contributed by atoms with van der Waals surface area (Å²) in [6.07, 6.45) is -0.190. The Labute approximate surface area is 141 Å². The first-order valence-corrected chi connectivity index (χ1v) is 7.96. The van der Waals surface area contributed by atoms with Crippen LogP contribution in [0, 0.1) is 0 Å². The Morgan fingerprint density at radius 3 is 2.67 bits per heavy atom. The van der Waals surface area contributed by atoms with Gasteiger partial charge in [0.1, 0.15) is 17.6 Å². The molecule has 0 spiro atoms. The summed E-state index contributed by atoms with van der Waals surface area (Å²) in [6, 6.07) is 12.6. The summed E-state index contributed by atoms with van der Waals surface area (Å²) in [6.45, 7) is 3.07. The number of hydrazine groups is 1. The summed E-state index contributed by atoms with van der Waals surface area (Å²) in [7, 11) is 1.61. The molecule has 3 rings (SSSR count). The van der Waals surface area contributed by atoms with Crippen molar-refractivity contribution >= 4 is 0 Å². The molecule has 0 saturated carbocycles. The van der Waals surface area contributed by atoms with Gasteiger partial charge in [0, 0.05) is 18.2 Å². The summed E-state index contributed by atoms with van der Waals surface area (Å²) < 4.78 is 16.8. The van der Waals surface area contributed by atoms with Gasteiger partial charge in [0.25, 0.3) is 0 Å². The van der Waals surface area contributed by atoms with Crippen molar-refractivity contribution in [2.24, 2.45) is 0 Å². The summed E-state index contributed by atoms with van der Waals surface area (Å²) in [4.78, 5) is 0. The van der Waals surface area contributed by atoms with E-state index in [1.807, 2.05) is 43.3 Å². The summed E-state index contributed by atoms with van der Waals surface area (Å²) in [5.41, 5.74) is 7.00. The molecule has 6 heteroatoms. The number of benzene rings is 2. The van der Waals surface area contributed by atoms with Crippen molar-refractivity contribution in [1.29, 1.82) is 0 Å². The molecule has 24 heavy (non-hydrogen) atoms. The number of rotatable bonds is 6. The fourth-order valence-electron chi connectivity index (χ4n) is 2.79. The predicted molar refractivity (Wildman–Crippen MR) is 90.6 cm³/mol. The van der Waals surface area contributed by atoms with Gasteiger partial charge in [-0.3, -0.25) is 5.43 Å². The van der Waals surface area contributed by atoms with Crippen molar-refractivity contribution in [3.63, 3.8) is 0 Å². The fourth-order valence-corrected chi connectivity index (χ4v) is 2.79. The quantitative estimate of drug-likeness (QED) is 0.755. The number of methoxy groups -OCH3 is 1. The Bertz CT molecular complexity index is 692. The minimum absolute atomic E-state index is 0.177. The average molecular weight is 330 g/mol. The van der Waals surface area contributed by atoms with E-state index in [1.165, 1.54) is 0 Å². The molecule has 0 aliphatic carbocycles. The van der Waals surface area contributed by atoms with Gasteiger partial charge < -0.3 is 19.3 Å². The number of nitrogens with one attached hydrogen (secondary N) is 2. The van der Waals surface area contributed by atoms with Gasteiger partial charge in [0.15, 0.2) is 11.5 Å². The highest BCUT2D eigenvalue weighted by Gasteiger charge is 2.32. The molecule has 1 saturated heterocycles. The first-order valence-electron chi connectivity index (χ1n) is 7.96. The van der Waals surface area contributed by atoms with Gasteiger partial charge >= 0.3 is 0 Å². The van der Waals surface area contributed by atoms with Crippen molar-refractivity contribution in [2.45, 2.75) is 19.1 Å². The number of hydrogen-bond donors (Lipinski definition) is 3. The Hall–Kier alpha value is -2.44. The average Bonchev–Trinajstić information content (AvgIpc) is 3.04. The minimum atomic E-state index is -0.190. The Balaban J connectivity index is 1.80. The molecular weight excluding hydrogens is 308 g/mol. The van der Waals surface area contributed by atoms with Crippen LogP contribution in [0.4, 0.5) is 0 Å². The number of phenols is 1. The topological polar surface area (TPSA) is 72.0 Å². The Morgan fingerprint density at radius 2 is 1.96 bits per heavy atom. The summed E-state index contributed by atoms with van der Waals surface area (Å²) in [5.74, 6) is 2.17. The van der Waals surface area contributed by atoms with Crippen LogP contribution in [0.5, 0.6) is 23.0 Å². The summed E-state index contributed by atoms with van der Waals surface area (Å²) >= 11 is 0. The van der Waals surface area contributed by atoms with E-state index < -0.39 is 0 Å². The first-order chi connectivity index (χ1) is 11.7. The number of para-hydroxylation sites is 2. The van der Waals surface area contributed by atoms with E-state index in [0.29, 0.717) is 30.4 Å². The third-order valence-electron chi connectivity index (χ3n) is 3.93. The molecule has 0 radical (unpaired) electrons. The molecule has 1 fully saturated rings. The third-order valence-corrected chi connectivity index (χ3v) is 3.93. The van der Waals surface area contributed by atoms with Crippen molar-refractivity contribution < 1.29 is 19.3 Å². The molecule has 6 nitrogen and oxygen atoms in total. The van der Waals surface area contributed by atoms with Gasteiger partial charge in [-0.05, 0) is 31.2 Å². The Morgan fingerprint density at radius 1 is 1.17 bits per heavy atom. The number of aromatic hydroxyl groups is 1. The molecule has 128 valence electrons. The minimum Gasteiger partial charge on any atom is -0.507 e. The van der Waals surface area contributed by atoms with Crippen LogP contribution in [-0.4, -0.2) is 31.5 Å². The van der Waals surface area contributed by atoms with Crippen LogP contribution in [-0.2, 0) is 0 Å². The monoisotopic (exact) mass is 330 g/mol. The van der Waals surface area contributed by atoms with Gasteiger partial charge in [-0.2, -0.15) is 0 Å². The highest BCUT2D eigenvalue weighted by Crippen LogP contribution is 2.35. The zero-order valence-corrected chi connectivity index (χ0v) is 13.8. The fraction of sp³-hybridized carbons (Fsp3) is 0.333. The van der Waals surface area contributed by atoms with Gasteiger partial charge in [0.2, 0.25) is 0 Å². The van der Waals surface area contributed by atoms with E-state index in [2.05, 4.69) is 10.9 Å². The lowest BCUT2D eigenvalue weighted by molar-refractivity contribution is 0.187. The van der Waals surface area contributed by atoms with Crippen molar-refractivity contribution in [1.82, 2.24) is 10.9 Å². The SMILES string of the molecule is CCOc1ccc(C2NNCC2Oc2ccccc2OC)c(O)c1. The predicted octanol–water partition coefficient (Wildman–Crippen LogP) is 2.40. The lowest BCUT2D eigenvalue weighted by Gasteiger charge is -2.22. The molecule has 1 heterocycles. The highest BCUT2D eigenvalue weighted by molar-refractivity contribution is 5.43. The third kappa shape index (κ3) is 3.39. The van der Waals surface area contributed by atoms with Crippen LogP contribution in [0.25, 0.3) is 0 Å². The molecule has 2 atom stereocenters. The van der Waals surface area contributed by atoms with Crippen LogP contribution < -0.4 is 25.1 Å². The van der Waals surface area contributed by atoms with E-state index in [1.54, 1.807) is 13.2 Å². The first kappa shape index (κ1) is 16.4. The molecule has 3 N–H and O–H groups in total. The van der Waals surface area contributed by atoms with Crippen LogP contribution in [0.2, 0.25) is 0 Å². The zero-order valence-electron chi connectivity index (χ0n) is 13.8. The normalized spacial score (nSPS) is 19.9. The maximum Gasteiger partial charge on any atom is 0.161 e. The molecule has 2 aromatic carbocycles. The van der Waals surface area contributed by atoms with Crippen molar-refractivity contribution in [2.75, 3.05) is 20.3 Å². The van der Waals surface area contributed by atoms with E-state index in [4.69, 9.17) is 14.2 Å². The Kier molecular flexibility index (Phi) is 5.08. The molecule has 1 aliphatic rings. The van der Waals surface area contributed by atoms with Crippen molar-refractivity contribution in [3.05, 3.63) is 48.0 Å². The second-order valence-corrected chi connectivity index (χ2v) is 5.46. The molecule has 0 bridgehead atoms. The van der Waals surface area contributed by atoms with Crippen LogP contribution in [0.3, 0.4) is 0 Å². The zero-order chi connectivity index (χ0) is 16.9. The molecule has 2 unspecified atom stereocenters. The molecule has 0 aromatic heterocycles. The smallest absolute Gasteiger partial charge is 0.161 e. The highest BCUT2D eigenvalue weighted by atomic mass is 16.5. The molecule has 1 aliphatic heterocycles. The maximum absolute atomic E-state index is 10.3. The van der Waals surface area contributed by atoms with E-state index in [-0.39, 0.29) is 17.9 Å². The van der Waals surface area contributed by atoms with Crippen LogP contribution >= 0.6 is 0 Å². The van der Waals surface area contributed by atoms with Crippen LogP contribution in [0.15, 0.2) is 42.5 Å². The van der Waals surface area contributed by atoms with E-state index >= 15 is 0 Å². The second-order valence-electron chi connectivity index (χ2n) is 5.46. The van der Waals surface area contributed by atoms with E-state index in [9.17, 15) is 5.11 Å². The number of hydrogen-bond acceptors (Lipinski definition) is 6. The van der Waals surface area contributed by atoms with Crippen LogP contribution in [0.1, 0.15) is 18.5 Å². The molecule has 0 amide bonds. The largest absolute Gasteiger partial charge is 0.507 e. The maximum atomic E-state index is 10.3. The van der Waals surface area contributed by atoms with Gasteiger partial charge in [-0.1, -0.05) is 12.1 Å². The number of phenolic OH excluding ortho intramolecular Hbond substituents is 1. The van der Waals surface area contributed by atoms with Gasteiger partial charge in [-0.25, -0.2) is 5.43 Å². The standard InChI is InChI=1S/C18H22N2O4/c1-3-23-12-8-9-13(14(21)10-12)18-17(11-19-20-18)24-16-7-5-4-6-15(16)22-2/h4-10,17-21H,3,11H2,1-2H3.